The largest absolute Gasteiger partial charge is 0.445 e. The van der Waals surface area contributed by atoms with Gasteiger partial charge in [0.05, 0.1) is 0 Å². The minimum atomic E-state index is -0.227. The van der Waals surface area contributed by atoms with Crippen molar-refractivity contribution in [3.63, 3.8) is 0 Å². The van der Waals surface area contributed by atoms with E-state index in [1.165, 1.54) is 0 Å². The molecule has 0 unspecified atom stereocenters. The van der Waals surface area contributed by atoms with Crippen molar-refractivity contribution in [2.45, 2.75) is 32.4 Å². The molecule has 1 aliphatic rings. The number of carbonyl (C=O) groups excluding carboxylic acids is 1. The molecule has 0 aromatic heterocycles. The fraction of sp³-hybridized carbons (Fsp3) is 0.533. The maximum Gasteiger partial charge on any atom is 0.410 e. The summed E-state index contributed by atoms with van der Waals surface area (Å²) in [5.74, 6) is 0.403. The van der Waals surface area contributed by atoms with Gasteiger partial charge < -0.3 is 15.4 Å². The molecule has 4 nitrogen and oxygen atoms in total. The van der Waals surface area contributed by atoms with Gasteiger partial charge in [-0.1, -0.05) is 30.3 Å². The summed E-state index contributed by atoms with van der Waals surface area (Å²) in [7, 11) is 0. The Kier molecular flexibility index (Phi) is 4.80. The van der Waals surface area contributed by atoms with Gasteiger partial charge in [-0.25, -0.2) is 4.79 Å². The third-order valence-electron chi connectivity index (χ3n) is 3.75. The summed E-state index contributed by atoms with van der Waals surface area (Å²) in [5, 5.41) is 0. The van der Waals surface area contributed by atoms with E-state index < -0.39 is 0 Å². The highest BCUT2D eigenvalue weighted by Gasteiger charge is 2.29. The third-order valence-corrected chi connectivity index (χ3v) is 3.75. The highest BCUT2D eigenvalue weighted by molar-refractivity contribution is 5.68. The number of likely N-dealkylation sites (tertiary alicyclic amines) is 1. The number of carbonyl (C=O) groups is 1. The number of hydrogen-bond donors (Lipinski definition) is 1. The standard InChI is InChI=1S/C15H22N2O2/c1-12-7-8-14(9-16)10-17(12)15(18)19-11-13-5-3-2-4-6-13/h2-6,12,14H,7-11,16H2,1H3/t12-,14+/m0/s1. The molecule has 2 atom stereocenters. The SMILES string of the molecule is C[C@H]1CC[C@H](CN)CN1C(=O)OCc1ccccc1. The number of piperidine rings is 1. The zero-order valence-electron chi connectivity index (χ0n) is 11.4. The number of nitrogens with zero attached hydrogens (tertiary/aromatic N) is 1. The Labute approximate surface area is 114 Å². The zero-order valence-corrected chi connectivity index (χ0v) is 11.4. The maximum atomic E-state index is 12.1. The van der Waals surface area contributed by atoms with E-state index >= 15 is 0 Å². The summed E-state index contributed by atoms with van der Waals surface area (Å²) in [6, 6.07) is 9.98. The van der Waals surface area contributed by atoms with Gasteiger partial charge in [0.15, 0.2) is 0 Å². The second kappa shape index (κ2) is 6.57. The molecular weight excluding hydrogens is 240 g/mol. The molecule has 104 valence electrons. The van der Waals surface area contributed by atoms with Crippen molar-refractivity contribution in [3.05, 3.63) is 35.9 Å². The Morgan fingerprint density at radius 1 is 1.37 bits per heavy atom. The number of nitrogens with two attached hydrogens (primary N) is 1. The average molecular weight is 262 g/mol. The quantitative estimate of drug-likeness (QED) is 0.910. The van der Waals surface area contributed by atoms with Crippen LogP contribution in [0.2, 0.25) is 0 Å². The van der Waals surface area contributed by atoms with Gasteiger partial charge in [-0.05, 0) is 37.8 Å². The summed E-state index contributed by atoms with van der Waals surface area (Å²) in [4.78, 5) is 13.9. The van der Waals surface area contributed by atoms with Gasteiger partial charge in [-0.15, -0.1) is 0 Å². The molecule has 0 radical (unpaired) electrons. The molecule has 1 fully saturated rings. The number of rotatable bonds is 3. The summed E-state index contributed by atoms with van der Waals surface area (Å²) in [5.41, 5.74) is 6.71. The van der Waals surface area contributed by atoms with E-state index in [1.807, 2.05) is 35.2 Å². The number of benzene rings is 1. The summed E-state index contributed by atoms with van der Waals surface area (Å²) >= 11 is 0. The van der Waals surface area contributed by atoms with E-state index in [1.54, 1.807) is 0 Å². The van der Waals surface area contributed by atoms with Crippen molar-refractivity contribution >= 4 is 6.09 Å². The van der Waals surface area contributed by atoms with Crippen LogP contribution in [0.1, 0.15) is 25.3 Å². The van der Waals surface area contributed by atoms with Gasteiger partial charge in [-0.2, -0.15) is 0 Å². The van der Waals surface area contributed by atoms with Gasteiger partial charge >= 0.3 is 6.09 Å². The fourth-order valence-corrected chi connectivity index (χ4v) is 2.43. The topological polar surface area (TPSA) is 55.6 Å². The lowest BCUT2D eigenvalue weighted by Gasteiger charge is -2.36. The Hall–Kier alpha value is -1.55. The average Bonchev–Trinajstić information content (AvgIpc) is 2.46. The molecule has 1 saturated heterocycles. The van der Waals surface area contributed by atoms with E-state index in [9.17, 15) is 4.79 Å². The first kappa shape index (κ1) is 13.9. The Morgan fingerprint density at radius 3 is 2.79 bits per heavy atom. The molecule has 1 amide bonds. The highest BCUT2D eigenvalue weighted by atomic mass is 16.6. The first-order chi connectivity index (χ1) is 9.20. The molecule has 2 N–H and O–H groups in total. The Bertz CT molecular complexity index is 408. The van der Waals surface area contributed by atoms with E-state index in [-0.39, 0.29) is 12.1 Å². The first-order valence-corrected chi connectivity index (χ1v) is 6.88. The predicted molar refractivity (Wildman–Crippen MR) is 74.6 cm³/mol. The minimum absolute atomic E-state index is 0.227. The second-order valence-corrected chi connectivity index (χ2v) is 5.22. The van der Waals surface area contributed by atoms with E-state index in [4.69, 9.17) is 10.5 Å². The summed E-state index contributed by atoms with van der Waals surface area (Å²) in [6.07, 6.45) is 1.87. The van der Waals surface area contributed by atoms with E-state index in [0.29, 0.717) is 25.6 Å². The van der Waals surface area contributed by atoms with Crippen molar-refractivity contribution in [2.24, 2.45) is 11.7 Å². The molecule has 1 aromatic carbocycles. The van der Waals surface area contributed by atoms with Gasteiger partial charge in [-0.3, -0.25) is 0 Å². The third kappa shape index (κ3) is 3.70. The molecular formula is C15H22N2O2. The van der Waals surface area contributed by atoms with Gasteiger partial charge in [0, 0.05) is 12.6 Å². The summed E-state index contributed by atoms with van der Waals surface area (Å²) in [6.45, 7) is 3.74. The van der Waals surface area contributed by atoms with Crippen LogP contribution in [0.3, 0.4) is 0 Å². The smallest absolute Gasteiger partial charge is 0.410 e. The Morgan fingerprint density at radius 2 is 2.11 bits per heavy atom. The zero-order chi connectivity index (χ0) is 13.7. The second-order valence-electron chi connectivity index (χ2n) is 5.22. The van der Waals surface area contributed by atoms with Crippen LogP contribution >= 0.6 is 0 Å². The van der Waals surface area contributed by atoms with Gasteiger partial charge in [0.25, 0.3) is 0 Å². The van der Waals surface area contributed by atoms with Gasteiger partial charge in [0.1, 0.15) is 6.61 Å². The fourth-order valence-electron chi connectivity index (χ4n) is 2.43. The lowest BCUT2D eigenvalue weighted by atomic mass is 9.94. The summed E-state index contributed by atoms with van der Waals surface area (Å²) < 4.78 is 5.38. The normalized spacial score (nSPS) is 23.2. The molecule has 1 aliphatic heterocycles. The molecule has 0 saturated carbocycles. The van der Waals surface area contributed by atoms with Crippen LogP contribution < -0.4 is 5.73 Å². The molecule has 19 heavy (non-hydrogen) atoms. The van der Waals surface area contributed by atoms with Crippen molar-refractivity contribution in [3.8, 4) is 0 Å². The van der Waals surface area contributed by atoms with E-state index in [0.717, 1.165) is 18.4 Å². The van der Waals surface area contributed by atoms with Crippen LogP contribution in [0.25, 0.3) is 0 Å². The molecule has 4 heteroatoms. The van der Waals surface area contributed by atoms with Crippen LogP contribution in [0.4, 0.5) is 4.79 Å². The van der Waals surface area contributed by atoms with Crippen LogP contribution in [-0.2, 0) is 11.3 Å². The molecule has 1 heterocycles. The lowest BCUT2D eigenvalue weighted by Crippen LogP contribution is -2.47. The minimum Gasteiger partial charge on any atom is -0.445 e. The molecule has 0 aliphatic carbocycles. The van der Waals surface area contributed by atoms with Crippen molar-refractivity contribution < 1.29 is 9.53 Å². The number of amides is 1. The van der Waals surface area contributed by atoms with Crippen LogP contribution in [0.15, 0.2) is 30.3 Å². The molecule has 0 spiro atoms. The lowest BCUT2D eigenvalue weighted by molar-refractivity contribution is 0.0600. The van der Waals surface area contributed by atoms with Crippen LogP contribution in [0.5, 0.6) is 0 Å². The molecule has 0 bridgehead atoms. The van der Waals surface area contributed by atoms with E-state index in [2.05, 4.69) is 6.92 Å². The predicted octanol–water partition coefficient (Wildman–Crippen LogP) is 2.38. The van der Waals surface area contributed by atoms with Gasteiger partial charge in [0.2, 0.25) is 0 Å². The molecule has 2 rings (SSSR count). The van der Waals surface area contributed by atoms with Crippen molar-refractivity contribution in [1.82, 2.24) is 4.90 Å². The van der Waals surface area contributed by atoms with Crippen molar-refractivity contribution in [1.29, 1.82) is 0 Å². The van der Waals surface area contributed by atoms with Crippen LogP contribution in [-0.4, -0.2) is 30.1 Å². The monoisotopic (exact) mass is 262 g/mol. The number of hydrogen-bond acceptors (Lipinski definition) is 3. The highest BCUT2D eigenvalue weighted by Crippen LogP contribution is 2.22. The van der Waals surface area contributed by atoms with Crippen LogP contribution in [0, 0.1) is 5.92 Å². The molecule has 1 aromatic rings. The maximum absolute atomic E-state index is 12.1. The van der Waals surface area contributed by atoms with Crippen molar-refractivity contribution in [2.75, 3.05) is 13.1 Å². The Balaban J connectivity index is 1.88. The first-order valence-electron chi connectivity index (χ1n) is 6.88. The number of ether oxygens (including phenoxy) is 1.